The van der Waals surface area contributed by atoms with Gasteiger partial charge in [0.1, 0.15) is 0 Å². The van der Waals surface area contributed by atoms with Gasteiger partial charge in [-0.25, -0.2) is 0 Å². The lowest BCUT2D eigenvalue weighted by molar-refractivity contribution is -0.190. The van der Waals surface area contributed by atoms with Crippen LogP contribution in [-0.4, -0.2) is 35.8 Å². The molecule has 6 nitrogen and oxygen atoms in total. The van der Waals surface area contributed by atoms with E-state index in [1.165, 1.54) is 10.6 Å². The van der Waals surface area contributed by atoms with Crippen molar-refractivity contribution < 1.29 is 19.2 Å². The van der Waals surface area contributed by atoms with Crippen LogP contribution in [0, 0.1) is 50.2 Å². The van der Waals surface area contributed by atoms with Gasteiger partial charge in [-0.05, 0) is 115 Å². The quantitative estimate of drug-likeness (QED) is 0.349. The third-order valence-electron chi connectivity index (χ3n) is 14.8. The van der Waals surface area contributed by atoms with E-state index in [0.29, 0.717) is 17.5 Å². The third kappa shape index (κ3) is 4.65. The zero-order valence-corrected chi connectivity index (χ0v) is 29.2. The van der Waals surface area contributed by atoms with E-state index in [1.807, 2.05) is 30.3 Å². The highest BCUT2D eigenvalue weighted by Gasteiger charge is 2.70. The highest BCUT2D eigenvalue weighted by molar-refractivity contribution is 5.95. The monoisotopic (exact) mass is 616 g/mol. The van der Waals surface area contributed by atoms with E-state index in [9.17, 15) is 14.4 Å². The van der Waals surface area contributed by atoms with Crippen molar-refractivity contribution in [3.05, 3.63) is 42.0 Å². The molecule has 0 spiro atoms. The van der Waals surface area contributed by atoms with Crippen LogP contribution in [0.25, 0.3) is 0 Å². The van der Waals surface area contributed by atoms with Crippen LogP contribution in [0.2, 0.25) is 0 Å². The summed E-state index contributed by atoms with van der Waals surface area (Å²) in [6, 6.07) is 9.63. The van der Waals surface area contributed by atoms with Gasteiger partial charge in [-0.15, -0.1) is 0 Å². The fraction of sp³-hybridized carbons (Fsp3) is 0.718. The van der Waals surface area contributed by atoms with Crippen molar-refractivity contribution in [3.63, 3.8) is 0 Å². The van der Waals surface area contributed by atoms with E-state index in [0.717, 1.165) is 57.8 Å². The first kappa shape index (κ1) is 32.3. The third-order valence-corrected chi connectivity index (χ3v) is 14.8. The Morgan fingerprint density at radius 3 is 2.22 bits per heavy atom. The Kier molecular flexibility index (Phi) is 7.50. The summed E-state index contributed by atoms with van der Waals surface area (Å²) < 4.78 is 0. The molecule has 0 bridgehead atoms. The van der Waals surface area contributed by atoms with Crippen molar-refractivity contribution in [3.8, 4) is 5.75 Å². The molecule has 2 amide bonds. The number of ketones is 1. The SMILES string of the molecule is CC(=O)N[C@H]1CC[C@@]2(C)C(CC[C@]3(C)[C@@H]2C(=O)C=C2[C@@H]4C[C@@](C)(C(=O)N(C)Oc5ccccc5)CC[C@]4(C)CC[C@]23C)C1(C)C. The fourth-order valence-electron chi connectivity index (χ4n) is 11.9. The Hall–Kier alpha value is -2.63. The molecule has 5 aliphatic carbocycles. The fourth-order valence-corrected chi connectivity index (χ4v) is 11.9. The molecule has 6 rings (SSSR count). The maximum absolute atomic E-state index is 14.7. The maximum Gasteiger partial charge on any atom is 0.260 e. The molecule has 1 N–H and O–H groups in total. The van der Waals surface area contributed by atoms with Crippen LogP contribution < -0.4 is 10.2 Å². The second-order valence-corrected chi connectivity index (χ2v) is 17.6. The summed E-state index contributed by atoms with van der Waals surface area (Å²) in [5.74, 6) is 1.51. The molecule has 4 saturated carbocycles. The Morgan fingerprint density at radius 2 is 1.56 bits per heavy atom. The molecule has 0 heterocycles. The molecule has 1 aromatic carbocycles. The van der Waals surface area contributed by atoms with Crippen LogP contribution in [0.1, 0.15) is 113 Å². The maximum atomic E-state index is 14.7. The van der Waals surface area contributed by atoms with Crippen LogP contribution in [0.3, 0.4) is 0 Å². The van der Waals surface area contributed by atoms with Crippen LogP contribution in [0.15, 0.2) is 42.0 Å². The van der Waals surface area contributed by atoms with Gasteiger partial charge in [-0.2, -0.15) is 5.06 Å². The molecule has 0 saturated heterocycles. The van der Waals surface area contributed by atoms with Gasteiger partial charge >= 0.3 is 0 Å². The number of amides is 2. The molecule has 1 aromatic rings. The summed E-state index contributed by atoms with van der Waals surface area (Å²) in [6.45, 7) is 18.1. The van der Waals surface area contributed by atoms with E-state index in [4.69, 9.17) is 4.84 Å². The summed E-state index contributed by atoms with van der Waals surface area (Å²) in [5, 5.41) is 4.69. The number of carbonyl (C=O) groups is 3. The van der Waals surface area contributed by atoms with Gasteiger partial charge in [0.05, 0.1) is 5.41 Å². The minimum absolute atomic E-state index is 0.0127. The highest BCUT2D eigenvalue weighted by atomic mass is 16.7. The van der Waals surface area contributed by atoms with E-state index in [2.05, 4.69) is 59.9 Å². The molecule has 4 fully saturated rings. The van der Waals surface area contributed by atoms with E-state index in [-0.39, 0.29) is 56.8 Å². The van der Waals surface area contributed by atoms with Crippen molar-refractivity contribution in [1.82, 2.24) is 10.4 Å². The van der Waals surface area contributed by atoms with Gasteiger partial charge in [0.15, 0.2) is 11.5 Å². The Balaban J connectivity index is 1.33. The van der Waals surface area contributed by atoms with Crippen molar-refractivity contribution in [2.45, 2.75) is 119 Å². The lowest BCUT2D eigenvalue weighted by Crippen LogP contribution is -2.67. The van der Waals surface area contributed by atoms with E-state index >= 15 is 0 Å². The molecule has 0 radical (unpaired) electrons. The largest absolute Gasteiger partial charge is 0.377 e. The average Bonchev–Trinajstić information content (AvgIpc) is 2.96. The molecule has 0 aromatic heterocycles. The molecular formula is C39H56N2O4. The Labute approximate surface area is 271 Å². The zero-order chi connectivity index (χ0) is 32.8. The molecule has 45 heavy (non-hydrogen) atoms. The number of rotatable bonds is 4. The second-order valence-electron chi connectivity index (χ2n) is 17.6. The topological polar surface area (TPSA) is 75.7 Å². The summed E-state index contributed by atoms with van der Waals surface area (Å²) in [7, 11) is 1.73. The number of fused-ring (bicyclic) bond motifs is 7. The van der Waals surface area contributed by atoms with Crippen LogP contribution >= 0.6 is 0 Å². The molecule has 0 aliphatic heterocycles. The van der Waals surface area contributed by atoms with Gasteiger partial charge in [0, 0.05) is 25.9 Å². The van der Waals surface area contributed by atoms with Gasteiger partial charge in [-0.3, -0.25) is 14.4 Å². The first-order valence-corrected chi connectivity index (χ1v) is 17.5. The van der Waals surface area contributed by atoms with Gasteiger partial charge in [-0.1, -0.05) is 72.2 Å². The van der Waals surface area contributed by atoms with Crippen LogP contribution in [-0.2, 0) is 14.4 Å². The van der Waals surface area contributed by atoms with Gasteiger partial charge in [0.2, 0.25) is 5.91 Å². The standard InChI is InChI=1S/C39H56N2O4/c1-25(42)40-31-16-17-37(6)30(34(31,2)3)15-18-39(8)32(37)29(43)23-27-28-24-36(5,20-19-35(28,4)21-22-38(27,39)7)33(44)41(9)45-26-13-11-10-12-14-26/h10-14,23,28,30-32H,15-22,24H2,1-9H3,(H,40,42)/t28-,30?,31-,32+,35+,36-,37-,38+,39+/m0/s1. The first-order valence-electron chi connectivity index (χ1n) is 17.5. The van der Waals surface area contributed by atoms with Crippen LogP contribution in [0.5, 0.6) is 5.75 Å². The zero-order valence-electron chi connectivity index (χ0n) is 29.2. The second kappa shape index (κ2) is 10.4. The Bertz CT molecular complexity index is 1420. The molecule has 5 aliphatic rings. The van der Waals surface area contributed by atoms with E-state index < -0.39 is 5.41 Å². The number of nitrogens with zero attached hydrogens (tertiary/aromatic N) is 1. The van der Waals surface area contributed by atoms with Gasteiger partial charge in [0.25, 0.3) is 5.91 Å². The predicted octanol–water partition coefficient (Wildman–Crippen LogP) is 7.92. The molecule has 6 heteroatoms. The minimum atomic E-state index is -0.566. The number of carbonyl (C=O) groups excluding carboxylic acids is 3. The number of nitrogens with one attached hydrogen (secondary N) is 1. The molecule has 1 unspecified atom stereocenters. The van der Waals surface area contributed by atoms with Crippen molar-refractivity contribution in [1.29, 1.82) is 0 Å². The number of hydrogen-bond donors (Lipinski definition) is 1. The van der Waals surface area contributed by atoms with Crippen molar-refractivity contribution in [2.24, 2.45) is 50.2 Å². The number of allylic oxidation sites excluding steroid dienone is 2. The minimum Gasteiger partial charge on any atom is -0.377 e. The predicted molar refractivity (Wildman–Crippen MR) is 177 cm³/mol. The number of benzene rings is 1. The number of hydroxylamine groups is 2. The smallest absolute Gasteiger partial charge is 0.260 e. The average molecular weight is 617 g/mol. The number of hydrogen-bond acceptors (Lipinski definition) is 4. The molecule has 9 atom stereocenters. The lowest BCUT2D eigenvalue weighted by atomic mass is 9.33. The van der Waals surface area contributed by atoms with Crippen LogP contribution in [0.4, 0.5) is 0 Å². The summed E-state index contributed by atoms with van der Waals surface area (Å²) in [6.07, 6.45) is 10.8. The van der Waals surface area contributed by atoms with E-state index in [1.54, 1.807) is 14.0 Å². The molecular weight excluding hydrogens is 560 g/mol. The summed E-state index contributed by atoms with van der Waals surface area (Å²) >= 11 is 0. The lowest BCUT2D eigenvalue weighted by Gasteiger charge is -2.70. The van der Waals surface area contributed by atoms with Crippen molar-refractivity contribution in [2.75, 3.05) is 7.05 Å². The highest BCUT2D eigenvalue weighted by Crippen LogP contribution is 2.75. The van der Waals surface area contributed by atoms with Crippen molar-refractivity contribution >= 4 is 17.6 Å². The first-order chi connectivity index (χ1) is 20.9. The number of para-hydroxylation sites is 1. The normalized spacial score (nSPS) is 43.4. The molecule has 246 valence electrons. The van der Waals surface area contributed by atoms with Gasteiger partial charge < -0.3 is 10.2 Å². The summed E-state index contributed by atoms with van der Waals surface area (Å²) in [4.78, 5) is 46.8. The Morgan fingerprint density at radius 1 is 0.889 bits per heavy atom. The summed E-state index contributed by atoms with van der Waals surface area (Å²) in [5.41, 5.74) is 0.368.